The van der Waals surface area contributed by atoms with Crippen molar-refractivity contribution in [1.29, 1.82) is 0 Å². The second-order valence-electron chi connectivity index (χ2n) is 4.68. The molecular formula is C13H17N5O3. The van der Waals surface area contributed by atoms with E-state index >= 15 is 0 Å². The van der Waals surface area contributed by atoms with Crippen molar-refractivity contribution in [2.24, 2.45) is 0 Å². The maximum atomic E-state index is 11.3. The Kier molecular flexibility index (Phi) is 4.70. The number of ether oxygens (including phenoxy) is 1. The summed E-state index contributed by atoms with van der Waals surface area (Å²) in [5.41, 5.74) is 0.376. The Bertz CT molecular complexity index is 598. The molecule has 0 bridgehead atoms. The van der Waals surface area contributed by atoms with E-state index in [1.54, 1.807) is 18.2 Å². The predicted molar refractivity (Wildman–Crippen MR) is 77.4 cm³/mol. The Hall–Kier alpha value is -2.64. The first-order chi connectivity index (χ1) is 10.1. The van der Waals surface area contributed by atoms with E-state index in [9.17, 15) is 10.1 Å². The number of aromatic amines is 1. The number of hydrogen-bond donors (Lipinski definition) is 2. The third-order valence-corrected chi connectivity index (χ3v) is 2.69. The largest absolute Gasteiger partial charge is 0.484 e. The fourth-order valence-electron chi connectivity index (χ4n) is 1.87. The fourth-order valence-corrected chi connectivity index (χ4v) is 1.87. The maximum absolute atomic E-state index is 11.3. The highest BCUT2D eigenvalue weighted by Gasteiger charge is 2.21. The van der Waals surface area contributed by atoms with Crippen molar-refractivity contribution in [1.82, 2.24) is 15.2 Å². The van der Waals surface area contributed by atoms with Crippen LogP contribution in [0.2, 0.25) is 0 Å². The molecule has 0 spiro atoms. The van der Waals surface area contributed by atoms with Crippen molar-refractivity contribution in [3.8, 4) is 5.75 Å². The van der Waals surface area contributed by atoms with Gasteiger partial charge >= 0.3 is 5.69 Å². The number of nitro groups is 1. The summed E-state index contributed by atoms with van der Waals surface area (Å²) in [5, 5.41) is 20.8. The molecule has 0 saturated heterocycles. The maximum Gasteiger partial charge on any atom is 0.333 e. The van der Waals surface area contributed by atoms with E-state index in [0.29, 0.717) is 18.7 Å². The van der Waals surface area contributed by atoms with E-state index in [0.717, 1.165) is 5.82 Å². The lowest BCUT2D eigenvalue weighted by atomic mass is 10.2. The van der Waals surface area contributed by atoms with Gasteiger partial charge in [0, 0.05) is 13.0 Å². The van der Waals surface area contributed by atoms with Gasteiger partial charge < -0.3 is 10.1 Å². The van der Waals surface area contributed by atoms with Crippen LogP contribution in [0.15, 0.2) is 24.5 Å². The van der Waals surface area contributed by atoms with Crippen molar-refractivity contribution in [2.45, 2.75) is 26.4 Å². The Morgan fingerprint density at radius 3 is 2.90 bits per heavy atom. The van der Waals surface area contributed by atoms with Crippen LogP contribution in [-0.2, 0) is 6.42 Å². The Labute approximate surface area is 121 Å². The van der Waals surface area contributed by atoms with Crippen LogP contribution >= 0.6 is 0 Å². The number of aromatic nitrogens is 3. The van der Waals surface area contributed by atoms with Gasteiger partial charge in [-0.25, -0.2) is 4.98 Å². The molecule has 2 aromatic rings. The van der Waals surface area contributed by atoms with E-state index in [4.69, 9.17) is 4.74 Å². The van der Waals surface area contributed by atoms with Crippen molar-refractivity contribution >= 4 is 11.4 Å². The molecule has 0 unspecified atom stereocenters. The van der Waals surface area contributed by atoms with Crippen LogP contribution in [0.25, 0.3) is 0 Å². The average Bonchev–Trinajstić information content (AvgIpc) is 2.91. The predicted octanol–water partition coefficient (Wildman–Crippen LogP) is 2.15. The lowest BCUT2D eigenvalue weighted by Gasteiger charge is -2.12. The molecule has 0 saturated carbocycles. The van der Waals surface area contributed by atoms with Crippen LogP contribution in [0.5, 0.6) is 5.75 Å². The van der Waals surface area contributed by atoms with E-state index in [1.165, 1.54) is 6.33 Å². The van der Waals surface area contributed by atoms with Gasteiger partial charge in [0.05, 0.1) is 11.0 Å². The van der Waals surface area contributed by atoms with Crippen molar-refractivity contribution in [3.63, 3.8) is 0 Å². The molecule has 1 aromatic carbocycles. The number of rotatable bonds is 7. The van der Waals surface area contributed by atoms with Gasteiger partial charge in [-0.15, -0.1) is 0 Å². The summed E-state index contributed by atoms with van der Waals surface area (Å²) < 4.78 is 5.49. The summed E-state index contributed by atoms with van der Waals surface area (Å²) in [6.45, 7) is 4.16. The van der Waals surface area contributed by atoms with Crippen molar-refractivity contribution < 1.29 is 9.66 Å². The second kappa shape index (κ2) is 6.69. The Balaban J connectivity index is 2.12. The average molecular weight is 291 g/mol. The van der Waals surface area contributed by atoms with Gasteiger partial charge in [-0.2, -0.15) is 5.10 Å². The van der Waals surface area contributed by atoms with Crippen LogP contribution < -0.4 is 10.1 Å². The summed E-state index contributed by atoms with van der Waals surface area (Å²) in [5.74, 6) is 0.986. The molecule has 0 radical (unpaired) electrons. The third kappa shape index (κ3) is 3.91. The van der Waals surface area contributed by atoms with Crippen LogP contribution in [-0.4, -0.2) is 32.8 Å². The molecule has 0 aliphatic rings. The quantitative estimate of drug-likeness (QED) is 0.598. The summed E-state index contributed by atoms with van der Waals surface area (Å²) >= 11 is 0. The number of nitro benzene ring substituents is 1. The first-order valence-corrected chi connectivity index (χ1v) is 6.60. The zero-order valence-electron chi connectivity index (χ0n) is 11.9. The molecule has 1 aromatic heterocycles. The number of nitrogens with one attached hydrogen (secondary N) is 2. The molecule has 1 heterocycles. The van der Waals surface area contributed by atoms with Crippen LogP contribution in [0.1, 0.15) is 19.7 Å². The lowest BCUT2D eigenvalue weighted by molar-refractivity contribution is -0.385. The van der Waals surface area contributed by atoms with Gasteiger partial charge in [0.1, 0.15) is 17.8 Å². The number of benzene rings is 1. The van der Waals surface area contributed by atoms with E-state index < -0.39 is 4.92 Å². The molecule has 0 fully saturated rings. The molecule has 21 heavy (non-hydrogen) atoms. The Morgan fingerprint density at radius 1 is 1.48 bits per heavy atom. The summed E-state index contributed by atoms with van der Waals surface area (Å²) in [6, 6.07) is 4.98. The minimum Gasteiger partial charge on any atom is -0.484 e. The number of hydrogen-bond acceptors (Lipinski definition) is 6. The molecule has 0 amide bonds. The van der Waals surface area contributed by atoms with Crippen LogP contribution in [0.3, 0.4) is 0 Å². The summed E-state index contributed by atoms with van der Waals surface area (Å²) in [7, 11) is 0. The van der Waals surface area contributed by atoms with Crippen molar-refractivity contribution in [3.05, 3.63) is 40.5 Å². The van der Waals surface area contributed by atoms with E-state index in [1.807, 2.05) is 13.8 Å². The smallest absolute Gasteiger partial charge is 0.333 e. The standard InChI is InChI=1S/C13H17N5O3/c1-9(2)21-11-5-3-4-10(13(11)18(19)20)14-7-6-12-15-8-16-17-12/h3-5,8-9,14H,6-7H2,1-2H3,(H,15,16,17). The normalized spacial score (nSPS) is 10.6. The molecule has 0 atom stereocenters. The first-order valence-electron chi connectivity index (χ1n) is 6.60. The monoisotopic (exact) mass is 291 g/mol. The number of anilines is 1. The van der Waals surface area contributed by atoms with Gasteiger partial charge in [0.15, 0.2) is 5.75 Å². The van der Waals surface area contributed by atoms with Crippen LogP contribution in [0.4, 0.5) is 11.4 Å². The van der Waals surface area contributed by atoms with Crippen LogP contribution in [0, 0.1) is 10.1 Å². The SMILES string of the molecule is CC(C)Oc1cccc(NCCc2ncn[nH]2)c1[N+](=O)[O-]. The van der Waals surface area contributed by atoms with E-state index in [2.05, 4.69) is 20.5 Å². The lowest BCUT2D eigenvalue weighted by Crippen LogP contribution is -2.11. The third-order valence-electron chi connectivity index (χ3n) is 2.69. The molecule has 8 nitrogen and oxygen atoms in total. The molecule has 0 aliphatic carbocycles. The van der Waals surface area contributed by atoms with E-state index in [-0.39, 0.29) is 17.5 Å². The van der Waals surface area contributed by atoms with Crippen molar-refractivity contribution in [2.75, 3.05) is 11.9 Å². The summed E-state index contributed by atoms with van der Waals surface area (Å²) in [6.07, 6.45) is 1.88. The first kappa shape index (κ1) is 14.8. The highest BCUT2D eigenvalue weighted by Crippen LogP contribution is 2.35. The molecular weight excluding hydrogens is 274 g/mol. The zero-order chi connectivity index (χ0) is 15.2. The highest BCUT2D eigenvalue weighted by atomic mass is 16.6. The van der Waals surface area contributed by atoms with Gasteiger partial charge in [-0.1, -0.05) is 6.07 Å². The molecule has 112 valence electrons. The number of H-pyrrole nitrogens is 1. The van der Waals surface area contributed by atoms with Gasteiger partial charge in [0.2, 0.25) is 0 Å². The zero-order valence-corrected chi connectivity index (χ0v) is 11.9. The molecule has 8 heteroatoms. The second-order valence-corrected chi connectivity index (χ2v) is 4.68. The minimum atomic E-state index is -0.436. The highest BCUT2D eigenvalue weighted by molar-refractivity contribution is 5.68. The topological polar surface area (TPSA) is 106 Å². The molecule has 2 rings (SSSR count). The van der Waals surface area contributed by atoms with Gasteiger partial charge in [-0.3, -0.25) is 15.2 Å². The summed E-state index contributed by atoms with van der Waals surface area (Å²) in [4.78, 5) is 14.8. The Morgan fingerprint density at radius 2 is 2.29 bits per heavy atom. The number of para-hydroxylation sites is 1. The fraction of sp³-hybridized carbons (Fsp3) is 0.385. The minimum absolute atomic E-state index is 0.0521. The molecule has 0 aliphatic heterocycles. The van der Waals surface area contributed by atoms with Gasteiger partial charge in [-0.05, 0) is 26.0 Å². The molecule has 2 N–H and O–H groups in total. The van der Waals surface area contributed by atoms with Gasteiger partial charge in [0.25, 0.3) is 0 Å². The number of nitrogens with zero attached hydrogens (tertiary/aromatic N) is 3.